The first-order valence-corrected chi connectivity index (χ1v) is 4.51. The number of hydrogen-bond acceptors (Lipinski definition) is 3. The van der Waals surface area contributed by atoms with E-state index in [-0.39, 0.29) is 0 Å². The van der Waals surface area contributed by atoms with Gasteiger partial charge in [0, 0.05) is 11.8 Å². The maximum atomic E-state index is 13.0. The van der Waals surface area contributed by atoms with Gasteiger partial charge in [-0.1, -0.05) is 6.07 Å². The van der Waals surface area contributed by atoms with Crippen LogP contribution in [0.2, 0.25) is 0 Å². The van der Waals surface area contributed by atoms with Crippen LogP contribution in [0, 0.1) is 0 Å². The van der Waals surface area contributed by atoms with Crippen molar-refractivity contribution in [2.45, 2.75) is 0 Å². The minimum absolute atomic E-state index is 0.448. The Labute approximate surface area is 92.7 Å². The molecule has 0 aliphatic carbocycles. The van der Waals surface area contributed by atoms with Crippen LogP contribution in [0.15, 0.2) is 36.4 Å². The Morgan fingerprint density at radius 3 is 2.81 bits per heavy atom. The van der Waals surface area contributed by atoms with Crippen LogP contribution in [-0.4, -0.2) is 20.1 Å². The Bertz CT molecular complexity index is 404. The van der Waals surface area contributed by atoms with Gasteiger partial charge in [-0.3, -0.25) is 4.79 Å². The quantitative estimate of drug-likeness (QED) is 0.630. The topological polar surface area (TPSA) is 47.6 Å². The van der Waals surface area contributed by atoms with E-state index in [0.29, 0.717) is 11.4 Å². The normalized spacial score (nSPS) is 10.8. The zero-order valence-corrected chi connectivity index (χ0v) is 8.99. The summed E-state index contributed by atoms with van der Waals surface area (Å²) in [5.41, 5.74) is 0.448. The lowest BCUT2D eigenvalue weighted by Crippen LogP contribution is -2.12. The van der Waals surface area contributed by atoms with Crippen molar-refractivity contribution in [1.29, 1.82) is 0 Å². The molecular weight excluding hydrogens is 213 g/mol. The van der Waals surface area contributed by atoms with Gasteiger partial charge < -0.3 is 14.8 Å². The first-order valence-electron chi connectivity index (χ1n) is 4.51. The Balaban J connectivity index is 2.73. The number of hydrogen-bond donors (Lipinski definition) is 1. The Morgan fingerprint density at radius 1 is 1.44 bits per heavy atom. The zero-order chi connectivity index (χ0) is 12.0. The zero-order valence-electron chi connectivity index (χ0n) is 8.99. The highest BCUT2D eigenvalue weighted by atomic mass is 19.1. The summed E-state index contributed by atoms with van der Waals surface area (Å²) in [5, 5.41) is 2.36. The molecule has 16 heavy (non-hydrogen) atoms. The van der Waals surface area contributed by atoms with Crippen molar-refractivity contribution in [3.05, 3.63) is 36.4 Å². The monoisotopic (exact) mass is 225 g/mol. The molecule has 1 aromatic rings. The van der Waals surface area contributed by atoms with E-state index in [4.69, 9.17) is 4.74 Å². The number of nitrogens with one attached hydrogen (secondary N) is 1. The van der Waals surface area contributed by atoms with Crippen LogP contribution >= 0.6 is 0 Å². The van der Waals surface area contributed by atoms with E-state index in [9.17, 15) is 9.18 Å². The minimum atomic E-state index is -0.995. The molecule has 0 aliphatic rings. The number of halogens is 1. The molecule has 0 aromatic heterocycles. The molecule has 0 unspecified atom stereocenters. The molecule has 0 saturated carbocycles. The number of amides is 1. The van der Waals surface area contributed by atoms with Gasteiger partial charge in [-0.05, 0) is 12.1 Å². The number of anilines is 1. The van der Waals surface area contributed by atoms with Gasteiger partial charge in [0.15, 0.2) is 0 Å². The molecule has 0 radical (unpaired) electrons. The Kier molecular flexibility index (Phi) is 4.32. The first-order chi connectivity index (χ1) is 7.67. The summed E-state index contributed by atoms with van der Waals surface area (Å²) in [5.74, 6) is -1.28. The standard InChI is InChI=1S/C11H12FNO3/c1-15-7-10(12)11(14)13-8-4-3-5-9(6-8)16-2/h3-7H,1-2H3,(H,13,14)/b10-7-. The second-order valence-electron chi connectivity index (χ2n) is 2.89. The minimum Gasteiger partial charge on any atom is -0.501 e. The van der Waals surface area contributed by atoms with Crippen LogP contribution in [0.5, 0.6) is 5.75 Å². The van der Waals surface area contributed by atoms with Crippen LogP contribution in [0.3, 0.4) is 0 Å². The molecule has 1 rings (SSSR count). The van der Waals surface area contributed by atoms with Gasteiger partial charge in [0.1, 0.15) is 12.0 Å². The third-order valence-electron chi connectivity index (χ3n) is 1.77. The number of methoxy groups -OCH3 is 2. The lowest BCUT2D eigenvalue weighted by Gasteiger charge is -2.05. The van der Waals surface area contributed by atoms with Crippen LogP contribution in [0.4, 0.5) is 10.1 Å². The Hall–Kier alpha value is -2.04. The van der Waals surface area contributed by atoms with Gasteiger partial charge >= 0.3 is 0 Å². The summed E-state index contributed by atoms with van der Waals surface area (Å²) in [7, 11) is 2.77. The van der Waals surface area contributed by atoms with Gasteiger partial charge in [-0.15, -0.1) is 0 Å². The molecular formula is C11H12FNO3. The number of carbonyl (C=O) groups is 1. The van der Waals surface area contributed by atoms with E-state index in [2.05, 4.69) is 10.1 Å². The first kappa shape index (κ1) is 12.0. The maximum Gasteiger partial charge on any atom is 0.287 e. The average Bonchev–Trinajstić information content (AvgIpc) is 2.29. The molecule has 1 N–H and O–H groups in total. The molecule has 0 fully saturated rings. The van der Waals surface area contributed by atoms with Crippen molar-refractivity contribution in [3.8, 4) is 5.75 Å². The molecule has 4 nitrogen and oxygen atoms in total. The SMILES string of the molecule is CO/C=C(\F)C(=O)Nc1cccc(OC)c1. The Morgan fingerprint density at radius 2 is 2.19 bits per heavy atom. The highest BCUT2D eigenvalue weighted by Crippen LogP contribution is 2.17. The third-order valence-corrected chi connectivity index (χ3v) is 1.77. The van der Waals surface area contributed by atoms with Gasteiger partial charge in [-0.2, -0.15) is 4.39 Å². The number of benzene rings is 1. The van der Waals surface area contributed by atoms with E-state index < -0.39 is 11.7 Å². The predicted molar refractivity (Wildman–Crippen MR) is 57.8 cm³/mol. The lowest BCUT2D eigenvalue weighted by atomic mass is 10.3. The van der Waals surface area contributed by atoms with Crippen molar-refractivity contribution in [2.75, 3.05) is 19.5 Å². The summed E-state index contributed by atoms with van der Waals surface area (Å²) in [4.78, 5) is 11.2. The molecule has 1 aromatic carbocycles. The number of ether oxygens (including phenoxy) is 2. The summed E-state index contributed by atoms with van der Waals surface area (Å²) in [6.45, 7) is 0. The van der Waals surface area contributed by atoms with Gasteiger partial charge in [0.25, 0.3) is 5.91 Å². The molecule has 1 amide bonds. The van der Waals surface area contributed by atoms with E-state index in [1.165, 1.54) is 14.2 Å². The van der Waals surface area contributed by atoms with E-state index in [1.807, 2.05) is 0 Å². The van der Waals surface area contributed by atoms with Crippen molar-refractivity contribution >= 4 is 11.6 Å². The van der Waals surface area contributed by atoms with Crippen molar-refractivity contribution in [2.24, 2.45) is 0 Å². The van der Waals surface area contributed by atoms with E-state index in [1.54, 1.807) is 24.3 Å². The number of carbonyl (C=O) groups excluding carboxylic acids is 1. The molecule has 0 heterocycles. The van der Waals surface area contributed by atoms with Crippen LogP contribution in [0.25, 0.3) is 0 Å². The third kappa shape index (κ3) is 3.27. The van der Waals surface area contributed by atoms with Crippen LogP contribution in [-0.2, 0) is 9.53 Å². The highest BCUT2D eigenvalue weighted by Gasteiger charge is 2.09. The summed E-state index contributed by atoms with van der Waals surface area (Å²) >= 11 is 0. The fourth-order valence-corrected chi connectivity index (χ4v) is 1.05. The predicted octanol–water partition coefficient (Wildman–Crippen LogP) is 2.09. The highest BCUT2D eigenvalue weighted by molar-refractivity contribution is 6.01. The van der Waals surface area contributed by atoms with Crippen molar-refractivity contribution in [1.82, 2.24) is 0 Å². The molecule has 0 atom stereocenters. The van der Waals surface area contributed by atoms with Crippen LogP contribution in [0.1, 0.15) is 0 Å². The van der Waals surface area contributed by atoms with Crippen LogP contribution < -0.4 is 10.1 Å². The molecule has 0 spiro atoms. The smallest absolute Gasteiger partial charge is 0.287 e. The van der Waals surface area contributed by atoms with Crippen molar-refractivity contribution < 1.29 is 18.7 Å². The molecule has 5 heteroatoms. The second kappa shape index (κ2) is 5.75. The van der Waals surface area contributed by atoms with Gasteiger partial charge in [-0.25, -0.2) is 0 Å². The molecule has 86 valence electrons. The largest absolute Gasteiger partial charge is 0.501 e. The lowest BCUT2D eigenvalue weighted by molar-refractivity contribution is -0.114. The van der Waals surface area contributed by atoms with E-state index >= 15 is 0 Å². The average molecular weight is 225 g/mol. The van der Waals surface area contributed by atoms with Crippen molar-refractivity contribution in [3.63, 3.8) is 0 Å². The molecule has 0 aliphatic heterocycles. The molecule has 0 saturated heterocycles. The fourth-order valence-electron chi connectivity index (χ4n) is 1.05. The second-order valence-corrected chi connectivity index (χ2v) is 2.89. The summed E-state index contributed by atoms with van der Waals surface area (Å²) in [6, 6.07) is 6.61. The maximum absolute atomic E-state index is 13.0. The summed E-state index contributed by atoms with van der Waals surface area (Å²) < 4.78 is 22.3. The fraction of sp³-hybridized carbons (Fsp3) is 0.182. The molecule has 0 bridgehead atoms. The van der Waals surface area contributed by atoms with Gasteiger partial charge in [0.05, 0.1) is 14.2 Å². The van der Waals surface area contributed by atoms with Gasteiger partial charge in [0.2, 0.25) is 5.83 Å². The summed E-state index contributed by atoms with van der Waals surface area (Å²) in [6.07, 6.45) is 0.732. The number of rotatable bonds is 4. The van der Waals surface area contributed by atoms with E-state index in [0.717, 1.165) is 6.26 Å².